The van der Waals surface area contributed by atoms with Crippen molar-refractivity contribution < 1.29 is 23.8 Å². The molecule has 8 heteroatoms. The highest BCUT2D eigenvalue weighted by atomic mass is 16.6. The van der Waals surface area contributed by atoms with Crippen molar-refractivity contribution in [2.45, 2.75) is 19.4 Å². The van der Waals surface area contributed by atoms with Gasteiger partial charge in [0.15, 0.2) is 12.2 Å². The number of aromatic nitrogens is 1. The number of carbonyl (C=O) groups excluding carboxylic acids is 1. The number of nitrogens with zero attached hydrogens (tertiary/aromatic N) is 1. The van der Waals surface area contributed by atoms with Crippen LogP contribution >= 0.6 is 0 Å². The first-order valence-electron chi connectivity index (χ1n) is 9.83. The maximum atomic E-state index is 11.6. The molecule has 1 atom stereocenters. The topological polar surface area (TPSA) is 103 Å². The van der Waals surface area contributed by atoms with E-state index in [0.29, 0.717) is 42.1 Å². The first-order valence-corrected chi connectivity index (χ1v) is 9.83. The van der Waals surface area contributed by atoms with Gasteiger partial charge in [-0.15, -0.1) is 0 Å². The fourth-order valence-electron chi connectivity index (χ4n) is 3.04. The van der Waals surface area contributed by atoms with Crippen molar-refractivity contribution in [1.29, 1.82) is 0 Å². The van der Waals surface area contributed by atoms with Crippen LogP contribution in [0.4, 0.5) is 0 Å². The molecule has 1 aromatic heterocycles. The fraction of sp³-hybridized carbons (Fsp3) is 0.364. The minimum absolute atomic E-state index is 0.106. The molecule has 0 amide bonds. The molecule has 0 saturated carbocycles. The van der Waals surface area contributed by atoms with E-state index in [9.17, 15) is 14.7 Å². The molecular weight excluding hydrogens is 388 g/mol. The molecule has 0 aliphatic rings. The van der Waals surface area contributed by atoms with Gasteiger partial charge in [0.1, 0.15) is 5.75 Å². The van der Waals surface area contributed by atoms with Gasteiger partial charge in [-0.1, -0.05) is 18.2 Å². The van der Waals surface area contributed by atoms with E-state index in [2.05, 4.69) is 5.32 Å². The summed E-state index contributed by atoms with van der Waals surface area (Å²) in [5.74, 6) is -0.205. The van der Waals surface area contributed by atoms with Crippen LogP contribution in [0.1, 0.15) is 24.2 Å². The van der Waals surface area contributed by atoms with Crippen molar-refractivity contribution in [1.82, 2.24) is 9.88 Å². The molecule has 0 fully saturated rings. The highest BCUT2D eigenvalue weighted by molar-refractivity contribution is 5.73. The molecule has 1 unspecified atom stereocenters. The van der Waals surface area contributed by atoms with Gasteiger partial charge in [-0.05, 0) is 55.3 Å². The normalized spacial score (nSPS) is 12.1. The average Bonchev–Trinajstić information content (AvgIpc) is 3.03. The minimum Gasteiger partial charge on any atom is -0.482 e. The number of rotatable bonds is 10. The third-order valence-corrected chi connectivity index (χ3v) is 4.71. The van der Waals surface area contributed by atoms with Gasteiger partial charge >= 0.3 is 11.7 Å². The van der Waals surface area contributed by atoms with Gasteiger partial charge in [0, 0.05) is 13.6 Å². The molecule has 3 rings (SSSR count). The lowest BCUT2D eigenvalue weighted by atomic mass is 10.1. The summed E-state index contributed by atoms with van der Waals surface area (Å²) in [4.78, 5) is 22.9. The summed E-state index contributed by atoms with van der Waals surface area (Å²) in [6.45, 7) is 3.04. The summed E-state index contributed by atoms with van der Waals surface area (Å²) in [6.07, 6.45) is 0.0656. The zero-order chi connectivity index (χ0) is 21.5. The van der Waals surface area contributed by atoms with Crippen molar-refractivity contribution >= 4 is 17.1 Å². The van der Waals surface area contributed by atoms with Crippen molar-refractivity contribution in [3.63, 3.8) is 0 Å². The smallest absolute Gasteiger partial charge is 0.419 e. The van der Waals surface area contributed by atoms with E-state index in [-0.39, 0.29) is 6.61 Å². The minimum atomic E-state index is -0.710. The largest absolute Gasteiger partial charge is 0.482 e. The molecular formula is C22H26N2O6. The number of ether oxygens (including phenoxy) is 2. The first-order chi connectivity index (χ1) is 14.5. The summed E-state index contributed by atoms with van der Waals surface area (Å²) in [5.41, 5.74) is 2.95. The van der Waals surface area contributed by atoms with Crippen LogP contribution in [0.15, 0.2) is 51.7 Å². The molecule has 8 nitrogen and oxygen atoms in total. The zero-order valence-electron chi connectivity index (χ0n) is 17.1. The van der Waals surface area contributed by atoms with E-state index in [1.165, 1.54) is 4.57 Å². The predicted octanol–water partition coefficient (Wildman–Crippen LogP) is 1.94. The Hall–Kier alpha value is -3.10. The van der Waals surface area contributed by atoms with Gasteiger partial charge in [-0.3, -0.25) is 4.57 Å². The lowest BCUT2D eigenvalue weighted by molar-refractivity contribution is -0.145. The Balaban J connectivity index is 1.43. The molecule has 0 saturated heterocycles. The first kappa shape index (κ1) is 21.6. The molecule has 0 aliphatic carbocycles. The quantitative estimate of drug-likeness (QED) is 0.386. The van der Waals surface area contributed by atoms with Gasteiger partial charge in [-0.2, -0.15) is 0 Å². The number of nitrogens with one attached hydrogen (secondary N) is 1. The highest BCUT2D eigenvalue weighted by Gasteiger charge is 2.12. The third kappa shape index (κ3) is 5.49. The summed E-state index contributed by atoms with van der Waals surface area (Å²) in [5, 5.41) is 13.6. The van der Waals surface area contributed by atoms with E-state index in [0.717, 1.165) is 12.0 Å². The molecule has 160 valence electrons. The molecule has 3 aromatic rings. The van der Waals surface area contributed by atoms with Crippen molar-refractivity contribution in [2.75, 3.05) is 26.3 Å². The van der Waals surface area contributed by atoms with Crippen molar-refractivity contribution in [3.8, 4) is 5.75 Å². The number of aliphatic hydroxyl groups excluding tert-OH is 1. The van der Waals surface area contributed by atoms with Crippen molar-refractivity contribution in [3.05, 3.63) is 64.1 Å². The molecule has 30 heavy (non-hydrogen) atoms. The molecule has 1 heterocycles. The fourth-order valence-corrected chi connectivity index (χ4v) is 3.04. The van der Waals surface area contributed by atoms with Crippen LogP contribution in [0.3, 0.4) is 0 Å². The Kier molecular flexibility index (Phi) is 7.26. The van der Waals surface area contributed by atoms with Crippen LogP contribution in [0, 0.1) is 0 Å². The molecule has 0 spiro atoms. The highest BCUT2D eigenvalue weighted by Crippen LogP contribution is 2.19. The average molecular weight is 414 g/mol. The SMILES string of the molecule is CCOC(=O)COc1ccc(CCNCC(O)c2ccc3c(c2)oc(=O)n3C)cc1. The van der Waals surface area contributed by atoms with E-state index in [1.807, 2.05) is 24.3 Å². The predicted molar refractivity (Wildman–Crippen MR) is 112 cm³/mol. The number of hydrogen-bond donors (Lipinski definition) is 2. The molecule has 0 aliphatic heterocycles. The van der Waals surface area contributed by atoms with Crippen molar-refractivity contribution in [2.24, 2.45) is 7.05 Å². The summed E-state index contributed by atoms with van der Waals surface area (Å²) < 4.78 is 16.8. The van der Waals surface area contributed by atoms with Gasteiger partial charge in [-0.25, -0.2) is 9.59 Å². The number of aryl methyl sites for hydroxylation is 1. The summed E-state index contributed by atoms with van der Waals surface area (Å²) in [6, 6.07) is 12.7. The second-order valence-electron chi connectivity index (χ2n) is 6.86. The molecule has 0 bridgehead atoms. The number of fused-ring (bicyclic) bond motifs is 1. The number of hydrogen-bond acceptors (Lipinski definition) is 7. The standard InChI is InChI=1S/C22H26N2O6/c1-3-28-21(26)14-29-17-7-4-15(5-8-17)10-11-23-13-19(25)16-6-9-18-20(12-16)30-22(27)24(18)2/h4-9,12,19,23,25H,3,10-11,13-14H2,1-2H3. The van der Waals surface area contributed by atoms with Gasteiger partial charge in [0.05, 0.1) is 18.2 Å². The Morgan fingerprint density at radius 1 is 1.23 bits per heavy atom. The lowest BCUT2D eigenvalue weighted by Gasteiger charge is -2.12. The van der Waals surface area contributed by atoms with E-state index in [1.54, 1.807) is 32.2 Å². The van der Waals surface area contributed by atoms with Gasteiger partial charge < -0.3 is 24.3 Å². The van der Waals surface area contributed by atoms with E-state index < -0.39 is 17.8 Å². The third-order valence-electron chi connectivity index (χ3n) is 4.71. The number of carbonyl (C=O) groups is 1. The number of benzene rings is 2. The number of esters is 1. The number of oxazole rings is 1. The van der Waals surface area contributed by atoms with Crippen LogP contribution < -0.4 is 15.8 Å². The summed E-state index contributed by atoms with van der Waals surface area (Å²) in [7, 11) is 1.64. The monoisotopic (exact) mass is 414 g/mol. The second kappa shape index (κ2) is 10.1. The van der Waals surface area contributed by atoms with Crippen LogP contribution in [-0.2, 0) is 23.0 Å². The maximum absolute atomic E-state index is 11.6. The molecule has 0 radical (unpaired) electrons. The second-order valence-corrected chi connectivity index (χ2v) is 6.86. The number of aliphatic hydroxyl groups is 1. The zero-order valence-corrected chi connectivity index (χ0v) is 17.1. The molecule has 2 N–H and O–H groups in total. The Morgan fingerprint density at radius 3 is 2.73 bits per heavy atom. The van der Waals surface area contributed by atoms with Crippen LogP contribution in [0.5, 0.6) is 5.75 Å². The van der Waals surface area contributed by atoms with Crippen LogP contribution in [-0.4, -0.2) is 41.9 Å². The van der Waals surface area contributed by atoms with Gasteiger partial charge in [0.25, 0.3) is 0 Å². The Bertz CT molecular complexity index is 1040. The maximum Gasteiger partial charge on any atom is 0.419 e. The van der Waals surface area contributed by atoms with Crippen LogP contribution in [0.25, 0.3) is 11.1 Å². The Morgan fingerprint density at radius 2 is 2.00 bits per heavy atom. The van der Waals surface area contributed by atoms with Crippen LogP contribution in [0.2, 0.25) is 0 Å². The molecule has 2 aromatic carbocycles. The van der Waals surface area contributed by atoms with E-state index >= 15 is 0 Å². The van der Waals surface area contributed by atoms with Gasteiger partial charge in [0.2, 0.25) is 0 Å². The lowest BCUT2D eigenvalue weighted by Crippen LogP contribution is -2.23. The Labute approximate surface area is 174 Å². The summed E-state index contributed by atoms with van der Waals surface area (Å²) >= 11 is 0. The van der Waals surface area contributed by atoms with E-state index in [4.69, 9.17) is 13.9 Å².